The van der Waals surface area contributed by atoms with E-state index in [2.05, 4.69) is 25.7 Å². The van der Waals surface area contributed by atoms with E-state index < -0.39 is 0 Å². The lowest BCUT2D eigenvalue weighted by Gasteiger charge is -2.36. The molecule has 1 saturated heterocycles. The second kappa shape index (κ2) is 14.8. The lowest BCUT2D eigenvalue weighted by Crippen LogP contribution is -2.49. The van der Waals surface area contributed by atoms with Crippen LogP contribution in [0.2, 0.25) is 0 Å². The van der Waals surface area contributed by atoms with E-state index in [4.69, 9.17) is 14.7 Å². The van der Waals surface area contributed by atoms with Crippen LogP contribution >= 0.6 is 11.8 Å². The summed E-state index contributed by atoms with van der Waals surface area (Å²) in [6, 6.07) is 9.68. The summed E-state index contributed by atoms with van der Waals surface area (Å²) in [6.45, 7) is 7.52. The van der Waals surface area contributed by atoms with Crippen molar-refractivity contribution in [3.05, 3.63) is 36.0 Å². The third kappa shape index (κ3) is 8.20. The highest BCUT2D eigenvalue weighted by Crippen LogP contribution is 2.39. The van der Waals surface area contributed by atoms with Gasteiger partial charge in [-0.3, -0.25) is 14.7 Å². The minimum Gasteiger partial charge on any atom is -0.487 e. The summed E-state index contributed by atoms with van der Waals surface area (Å²) in [5, 5.41) is 14.2. The Bertz CT molecular complexity index is 1420. The smallest absolute Gasteiger partial charge is 0.227 e. The number of hydrogen-bond donors (Lipinski definition) is 3. The second-order valence-electron chi connectivity index (χ2n) is 11.5. The minimum absolute atomic E-state index is 0.103. The van der Waals surface area contributed by atoms with Gasteiger partial charge in [-0.25, -0.2) is 9.97 Å². The summed E-state index contributed by atoms with van der Waals surface area (Å²) < 4.78 is 6.14. The SMILES string of the molecule is CCOc1c(Nc2cc(C)[nH]n2)nc(Sc2ccc(NC(=O)C3CCCC3)cc2)nc1N1CCN(C(=O)CCN(C)C)CC1. The van der Waals surface area contributed by atoms with Crippen molar-refractivity contribution in [2.75, 3.05) is 69.0 Å². The van der Waals surface area contributed by atoms with E-state index in [0.717, 1.165) is 48.5 Å². The first-order valence-electron chi connectivity index (χ1n) is 15.4. The molecule has 5 rings (SSSR count). The predicted octanol–water partition coefficient (Wildman–Crippen LogP) is 4.53. The number of ether oxygens (including phenoxy) is 1. The number of aromatic nitrogens is 4. The molecule has 236 valence electrons. The molecule has 2 aromatic heterocycles. The number of rotatable bonds is 12. The second-order valence-corrected chi connectivity index (χ2v) is 12.6. The van der Waals surface area contributed by atoms with Crippen molar-refractivity contribution in [3.8, 4) is 5.75 Å². The fourth-order valence-corrected chi connectivity index (χ4v) is 6.19. The Labute approximate surface area is 263 Å². The quantitative estimate of drug-likeness (QED) is 0.248. The van der Waals surface area contributed by atoms with Crippen LogP contribution in [-0.2, 0) is 9.59 Å². The van der Waals surface area contributed by atoms with Gasteiger partial charge in [0.15, 0.2) is 22.6 Å². The average molecular weight is 622 g/mol. The Hall–Kier alpha value is -3.84. The van der Waals surface area contributed by atoms with Gasteiger partial charge in [-0.2, -0.15) is 5.10 Å². The molecule has 3 N–H and O–H groups in total. The number of aromatic amines is 1. The molecule has 12 nitrogen and oxygen atoms in total. The number of hydrogen-bond acceptors (Lipinski definition) is 10. The van der Waals surface area contributed by atoms with Gasteiger partial charge < -0.3 is 30.1 Å². The van der Waals surface area contributed by atoms with Gasteiger partial charge in [0.2, 0.25) is 17.6 Å². The predicted molar refractivity (Wildman–Crippen MR) is 173 cm³/mol. The number of piperazine rings is 1. The fourth-order valence-electron chi connectivity index (χ4n) is 5.43. The number of amides is 2. The molecular weight excluding hydrogens is 578 g/mol. The summed E-state index contributed by atoms with van der Waals surface area (Å²) in [4.78, 5) is 42.2. The van der Waals surface area contributed by atoms with Crippen molar-refractivity contribution < 1.29 is 14.3 Å². The largest absolute Gasteiger partial charge is 0.487 e. The summed E-state index contributed by atoms with van der Waals surface area (Å²) in [7, 11) is 3.95. The van der Waals surface area contributed by atoms with Gasteiger partial charge in [-0.05, 0) is 76.8 Å². The highest BCUT2D eigenvalue weighted by molar-refractivity contribution is 7.99. The molecule has 3 heterocycles. The first-order valence-corrected chi connectivity index (χ1v) is 16.2. The number of nitrogens with zero attached hydrogens (tertiary/aromatic N) is 6. The van der Waals surface area contributed by atoms with Crippen LogP contribution in [0.25, 0.3) is 0 Å². The Morgan fingerprint density at radius 1 is 1.09 bits per heavy atom. The lowest BCUT2D eigenvalue weighted by molar-refractivity contribution is -0.131. The summed E-state index contributed by atoms with van der Waals surface area (Å²) in [5.41, 5.74) is 1.71. The molecule has 2 fully saturated rings. The molecule has 0 spiro atoms. The van der Waals surface area contributed by atoms with Crippen molar-refractivity contribution in [3.63, 3.8) is 0 Å². The van der Waals surface area contributed by atoms with Gasteiger partial charge in [-0.1, -0.05) is 12.8 Å². The Kier molecular flexibility index (Phi) is 10.6. The van der Waals surface area contributed by atoms with Crippen LogP contribution in [0.1, 0.15) is 44.7 Å². The van der Waals surface area contributed by atoms with Gasteiger partial charge in [0, 0.05) is 67.4 Å². The minimum atomic E-state index is 0.103. The van der Waals surface area contributed by atoms with E-state index in [1.165, 1.54) is 11.8 Å². The first-order chi connectivity index (χ1) is 21.3. The van der Waals surface area contributed by atoms with Crippen molar-refractivity contribution in [2.24, 2.45) is 5.92 Å². The number of H-pyrrole nitrogens is 1. The summed E-state index contributed by atoms with van der Waals surface area (Å²) >= 11 is 1.44. The topological polar surface area (TPSA) is 132 Å². The van der Waals surface area contributed by atoms with Gasteiger partial charge in [0.1, 0.15) is 0 Å². The number of carbonyl (C=O) groups is 2. The van der Waals surface area contributed by atoms with Crippen LogP contribution in [0, 0.1) is 12.8 Å². The maximum Gasteiger partial charge on any atom is 0.227 e. The average Bonchev–Trinajstić information content (AvgIpc) is 3.70. The third-order valence-corrected chi connectivity index (χ3v) is 8.70. The zero-order valence-corrected chi connectivity index (χ0v) is 26.9. The fraction of sp³-hybridized carbons (Fsp3) is 0.516. The van der Waals surface area contributed by atoms with Crippen LogP contribution in [0.15, 0.2) is 40.4 Å². The normalized spacial score (nSPS) is 15.6. The number of nitrogens with one attached hydrogen (secondary N) is 3. The zero-order chi connectivity index (χ0) is 31.1. The maximum absolute atomic E-state index is 12.8. The van der Waals surface area contributed by atoms with Crippen molar-refractivity contribution in [1.82, 2.24) is 30.0 Å². The molecule has 1 aliphatic heterocycles. The molecular formula is C31H43N9O3S. The van der Waals surface area contributed by atoms with E-state index in [-0.39, 0.29) is 17.7 Å². The molecule has 0 bridgehead atoms. The van der Waals surface area contributed by atoms with Crippen molar-refractivity contribution in [1.29, 1.82) is 0 Å². The van der Waals surface area contributed by atoms with Gasteiger partial charge in [-0.15, -0.1) is 0 Å². The van der Waals surface area contributed by atoms with Crippen molar-refractivity contribution in [2.45, 2.75) is 56.0 Å². The maximum atomic E-state index is 12.8. The van der Waals surface area contributed by atoms with Gasteiger partial charge in [0.05, 0.1) is 6.61 Å². The van der Waals surface area contributed by atoms with Crippen LogP contribution in [0.5, 0.6) is 5.75 Å². The molecule has 3 aromatic rings. The van der Waals surface area contributed by atoms with Crippen LogP contribution in [0.4, 0.5) is 23.1 Å². The van der Waals surface area contributed by atoms with E-state index in [1.807, 2.05) is 68.1 Å². The molecule has 1 aliphatic carbocycles. The summed E-state index contributed by atoms with van der Waals surface area (Å²) in [5.74, 6) is 2.77. The molecule has 0 atom stereocenters. The lowest BCUT2D eigenvalue weighted by atomic mass is 10.1. The number of anilines is 4. The molecule has 0 radical (unpaired) electrons. The molecule has 1 aromatic carbocycles. The summed E-state index contributed by atoms with van der Waals surface area (Å²) in [6.07, 6.45) is 4.68. The highest BCUT2D eigenvalue weighted by atomic mass is 32.2. The van der Waals surface area contributed by atoms with E-state index >= 15 is 0 Å². The van der Waals surface area contributed by atoms with Gasteiger partial charge in [0.25, 0.3) is 0 Å². The Balaban J connectivity index is 1.36. The molecule has 13 heteroatoms. The standard InChI is InChI=1S/C31H43N9O3S/c1-5-43-27-28(33-25-20-21(2)36-37-25)34-31(35-29(27)40-18-16-39(17-19-40)26(41)14-15-38(3)4)44-24-12-10-23(11-13-24)32-30(42)22-8-6-7-9-22/h10-13,20,22H,5-9,14-19H2,1-4H3,(H,32,42)(H2,33,34,35,36,37). The van der Waals surface area contributed by atoms with Crippen LogP contribution < -0.4 is 20.3 Å². The van der Waals surface area contributed by atoms with Crippen LogP contribution in [-0.4, -0.2) is 95.2 Å². The highest BCUT2D eigenvalue weighted by Gasteiger charge is 2.27. The number of benzene rings is 1. The van der Waals surface area contributed by atoms with Gasteiger partial charge >= 0.3 is 0 Å². The number of carbonyl (C=O) groups excluding carboxylic acids is 2. The molecule has 2 aliphatic rings. The Morgan fingerprint density at radius 3 is 2.45 bits per heavy atom. The van der Waals surface area contributed by atoms with E-state index in [9.17, 15) is 9.59 Å². The monoisotopic (exact) mass is 621 g/mol. The number of aryl methyl sites for hydroxylation is 1. The molecule has 44 heavy (non-hydrogen) atoms. The third-order valence-electron chi connectivity index (χ3n) is 7.83. The van der Waals surface area contributed by atoms with Crippen LogP contribution in [0.3, 0.4) is 0 Å². The molecule has 0 unspecified atom stereocenters. The van der Waals surface area contributed by atoms with E-state index in [0.29, 0.717) is 67.6 Å². The molecule has 2 amide bonds. The zero-order valence-electron chi connectivity index (χ0n) is 26.1. The first kappa shape index (κ1) is 31.6. The van der Waals surface area contributed by atoms with Crippen molar-refractivity contribution >= 4 is 46.7 Å². The van der Waals surface area contributed by atoms with E-state index in [1.54, 1.807) is 0 Å². The molecule has 1 saturated carbocycles. The Morgan fingerprint density at radius 2 is 1.82 bits per heavy atom.